The van der Waals surface area contributed by atoms with Gasteiger partial charge < -0.3 is 15.2 Å². The zero-order valence-electron chi connectivity index (χ0n) is 21.4. The average Bonchev–Trinajstić information content (AvgIpc) is 3.19. The lowest BCUT2D eigenvalue weighted by Crippen LogP contribution is -2.52. The Balaban J connectivity index is 1.30. The van der Waals surface area contributed by atoms with E-state index in [1.165, 1.54) is 44.9 Å². The van der Waals surface area contributed by atoms with Crippen LogP contribution in [-0.4, -0.2) is 30.5 Å². The second kappa shape index (κ2) is 9.47. The zero-order valence-corrected chi connectivity index (χ0v) is 21.4. The van der Waals surface area contributed by atoms with Crippen molar-refractivity contribution in [3.8, 4) is 6.07 Å². The highest BCUT2D eigenvalue weighted by molar-refractivity contribution is 5.50. The summed E-state index contributed by atoms with van der Waals surface area (Å²) >= 11 is 0. The molecule has 9 atom stereocenters. The molecule has 0 spiro atoms. The van der Waals surface area contributed by atoms with E-state index in [9.17, 15) is 10.4 Å². The molecule has 0 amide bonds. The van der Waals surface area contributed by atoms with Crippen molar-refractivity contribution in [2.45, 2.75) is 89.7 Å². The molecule has 1 unspecified atom stereocenters. The summed E-state index contributed by atoms with van der Waals surface area (Å²) in [5, 5.41) is 24.2. The van der Waals surface area contributed by atoms with Crippen LogP contribution >= 0.6 is 0 Å². The summed E-state index contributed by atoms with van der Waals surface area (Å²) in [6, 6.07) is 10.8. The molecule has 0 bridgehead atoms. The van der Waals surface area contributed by atoms with E-state index < -0.39 is 5.60 Å². The van der Waals surface area contributed by atoms with E-state index in [2.05, 4.69) is 31.3 Å². The van der Waals surface area contributed by atoms with Gasteiger partial charge in [0.2, 0.25) is 0 Å². The Labute approximate surface area is 206 Å². The molecule has 4 saturated carbocycles. The number of rotatable bonds is 6. The number of nitrogens with one attached hydrogen (secondary N) is 1. The van der Waals surface area contributed by atoms with Crippen molar-refractivity contribution in [1.82, 2.24) is 0 Å². The molecule has 0 radical (unpaired) electrons. The quantitative estimate of drug-likeness (QED) is 0.511. The molecular formula is C30H44N2O2. The van der Waals surface area contributed by atoms with E-state index in [1.54, 1.807) is 7.11 Å². The summed E-state index contributed by atoms with van der Waals surface area (Å²) in [5.74, 6) is 4.78. The van der Waals surface area contributed by atoms with Gasteiger partial charge in [0.05, 0.1) is 23.8 Å². The first-order valence-electron chi connectivity index (χ1n) is 13.9. The van der Waals surface area contributed by atoms with Gasteiger partial charge in [-0.1, -0.05) is 19.9 Å². The largest absolute Gasteiger partial charge is 0.387 e. The summed E-state index contributed by atoms with van der Waals surface area (Å²) < 4.78 is 5.37. The Morgan fingerprint density at radius 2 is 1.94 bits per heavy atom. The van der Waals surface area contributed by atoms with Crippen molar-refractivity contribution in [2.24, 2.45) is 40.9 Å². The number of fused-ring (bicyclic) bond motifs is 5. The average molecular weight is 465 g/mol. The van der Waals surface area contributed by atoms with Crippen LogP contribution in [-0.2, 0) is 4.74 Å². The highest BCUT2D eigenvalue weighted by Crippen LogP contribution is 2.65. The van der Waals surface area contributed by atoms with Crippen molar-refractivity contribution >= 4 is 5.69 Å². The van der Waals surface area contributed by atoms with Crippen LogP contribution in [0.15, 0.2) is 24.3 Å². The molecule has 0 heterocycles. The van der Waals surface area contributed by atoms with E-state index in [1.807, 2.05) is 18.2 Å². The molecular weight excluding hydrogens is 420 g/mol. The van der Waals surface area contributed by atoms with Gasteiger partial charge in [0, 0.05) is 18.8 Å². The van der Waals surface area contributed by atoms with Gasteiger partial charge in [-0.3, -0.25) is 0 Å². The minimum Gasteiger partial charge on any atom is -0.387 e. The molecule has 0 aliphatic heterocycles. The molecule has 0 saturated heterocycles. The Hall–Kier alpha value is -1.57. The lowest BCUT2D eigenvalue weighted by atomic mass is 9.48. The van der Waals surface area contributed by atoms with Crippen molar-refractivity contribution in [3.63, 3.8) is 0 Å². The van der Waals surface area contributed by atoms with Crippen molar-refractivity contribution in [1.29, 1.82) is 5.26 Å². The van der Waals surface area contributed by atoms with Crippen molar-refractivity contribution in [2.75, 3.05) is 19.0 Å². The molecule has 5 rings (SSSR count). The highest BCUT2D eigenvalue weighted by Gasteiger charge is 2.58. The van der Waals surface area contributed by atoms with Gasteiger partial charge in [-0.2, -0.15) is 5.26 Å². The van der Waals surface area contributed by atoms with E-state index in [0.717, 1.165) is 54.2 Å². The Morgan fingerprint density at radius 3 is 2.71 bits per heavy atom. The van der Waals surface area contributed by atoms with Gasteiger partial charge in [0.1, 0.15) is 0 Å². The summed E-state index contributed by atoms with van der Waals surface area (Å²) in [6.07, 6.45) is 12.3. The second-order valence-electron chi connectivity index (χ2n) is 12.4. The number of benzene rings is 1. The molecule has 4 fully saturated rings. The third-order valence-electron chi connectivity index (χ3n) is 10.9. The molecule has 4 aliphatic rings. The maximum atomic E-state index is 11.0. The number of ether oxygens (including phenoxy) is 1. The predicted octanol–water partition coefficient (Wildman–Crippen LogP) is 6.40. The van der Waals surface area contributed by atoms with Gasteiger partial charge in [-0.15, -0.1) is 0 Å². The van der Waals surface area contributed by atoms with Crippen LogP contribution in [0.5, 0.6) is 0 Å². The minimum absolute atomic E-state index is 0.417. The number of aliphatic hydroxyl groups is 1. The first-order chi connectivity index (χ1) is 16.4. The monoisotopic (exact) mass is 464 g/mol. The number of nitriles is 1. The molecule has 4 heteroatoms. The van der Waals surface area contributed by atoms with E-state index >= 15 is 0 Å². The summed E-state index contributed by atoms with van der Waals surface area (Å²) in [5.41, 5.74) is 1.66. The second-order valence-corrected chi connectivity index (χ2v) is 12.4. The standard InChI is InChI=1S/C30H44N2O2/c1-4-28(32-22-7-5-6-20(16-22)18-31)27-11-10-26-25-9-8-21-17-30(33,19-34-3)15-13-23(21)24(25)12-14-29(26,27)2/h5-7,16,21,23-28,32-33H,4,8-15,17,19H2,1-3H3/t21-,23+,24-,25-,26+,27?,28-,29+,30-/m1/s1. The van der Waals surface area contributed by atoms with Crippen LogP contribution in [0.25, 0.3) is 0 Å². The van der Waals surface area contributed by atoms with Gasteiger partial charge in [-0.05, 0) is 123 Å². The number of nitrogens with zero attached hydrogens (tertiary/aromatic N) is 1. The number of anilines is 1. The molecule has 34 heavy (non-hydrogen) atoms. The van der Waals surface area contributed by atoms with Gasteiger partial charge in [-0.25, -0.2) is 0 Å². The SMILES string of the molecule is CC[C@@H](Nc1cccc(C#N)c1)C1CC[C@H]2[C@@H]3CC[C@@H]4C[C@@](O)(COC)CC[C@@H]4[C@H]3CC[C@]12C. The molecule has 4 nitrogen and oxygen atoms in total. The van der Waals surface area contributed by atoms with Gasteiger partial charge in [0.15, 0.2) is 0 Å². The summed E-state index contributed by atoms with van der Waals surface area (Å²) in [6.45, 7) is 5.43. The van der Waals surface area contributed by atoms with Crippen LogP contribution < -0.4 is 5.32 Å². The smallest absolute Gasteiger partial charge is 0.0992 e. The van der Waals surface area contributed by atoms with Crippen LogP contribution in [0, 0.1) is 52.3 Å². The maximum Gasteiger partial charge on any atom is 0.0992 e. The first-order valence-corrected chi connectivity index (χ1v) is 13.9. The Kier molecular flexibility index (Phi) is 6.73. The minimum atomic E-state index is -0.590. The lowest BCUT2D eigenvalue weighted by Gasteiger charge is -2.57. The summed E-state index contributed by atoms with van der Waals surface area (Å²) in [7, 11) is 1.72. The maximum absolute atomic E-state index is 11.0. The molecule has 4 aliphatic carbocycles. The van der Waals surface area contributed by atoms with Crippen LogP contribution in [0.3, 0.4) is 0 Å². The predicted molar refractivity (Wildman–Crippen MR) is 136 cm³/mol. The number of hydrogen-bond donors (Lipinski definition) is 2. The molecule has 186 valence electrons. The van der Waals surface area contributed by atoms with Gasteiger partial charge >= 0.3 is 0 Å². The number of methoxy groups -OCH3 is 1. The number of hydrogen-bond acceptors (Lipinski definition) is 4. The van der Waals surface area contributed by atoms with Gasteiger partial charge in [0.25, 0.3) is 0 Å². The normalized spacial score (nSPS) is 42.1. The molecule has 1 aromatic carbocycles. The molecule has 2 N–H and O–H groups in total. The van der Waals surface area contributed by atoms with E-state index in [4.69, 9.17) is 4.74 Å². The third-order valence-corrected chi connectivity index (χ3v) is 10.9. The summed E-state index contributed by atoms with van der Waals surface area (Å²) in [4.78, 5) is 0. The molecule has 0 aromatic heterocycles. The fourth-order valence-electron chi connectivity index (χ4n) is 9.44. The fourth-order valence-corrected chi connectivity index (χ4v) is 9.44. The first kappa shape index (κ1) is 24.1. The molecule has 1 aromatic rings. The Bertz CT molecular complexity index is 911. The topological polar surface area (TPSA) is 65.3 Å². The fraction of sp³-hybridized carbons (Fsp3) is 0.767. The Morgan fingerprint density at radius 1 is 1.12 bits per heavy atom. The van der Waals surface area contributed by atoms with Crippen molar-refractivity contribution < 1.29 is 9.84 Å². The van der Waals surface area contributed by atoms with E-state index in [-0.39, 0.29) is 0 Å². The lowest BCUT2D eigenvalue weighted by molar-refractivity contribution is -0.124. The van der Waals surface area contributed by atoms with Crippen LogP contribution in [0.4, 0.5) is 5.69 Å². The van der Waals surface area contributed by atoms with Crippen LogP contribution in [0.1, 0.15) is 83.6 Å². The third kappa shape index (κ3) is 4.18. The van der Waals surface area contributed by atoms with Crippen molar-refractivity contribution in [3.05, 3.63) is 29.8 Å². The zero-order chi connectivity index (χ0) is 23.9. The van der Waals surface area contributed by atoms with E-state index in [0.29, 0.717) is 29.9 Å². The van der Waals surface area contributed by atoms with Crippen LogP contribution in [0.2, 0.25) is 0 Å². The highest BCUT2D eigenvalue weighted by atomic mass is 16.5.